The molecule has 9 nitrogen and oxygen atoms in total. The summed E-state index contributed by atoms with van der Waals surface area (Å²) in [5.41, 5.74) is 1.91. The molecule has 2 amide bonds. The highest BCUT2D eigenvalue weighted by atomic mass is 35.5. The van der Waals surface area contributed by atoms with Crippen molar-refractivity contribution >= 4 is 58.3 Å². The van der Waals surface area contributed by atoms with Crippen molar-refractivity contribution < 1.29 is 19.5 Å². The number of benzene rings is 2. The fourth-order valence-electron chi connectivity index (χ4n) is 4.00. The Morgan fingerprint density at radius 1 is 1.21 bits per heavy atom. The monoisotopic (exact) mass is 503 g/mol. The van der Waals surface area contributed by atoms with Crippen LogP contribution < -0.4 is 20.9 Å². The number of nitrogens with one attached hydrogen (secondary N) is 3. The Hall–Kier alpha value is -3.30. The molecule has 0 spiro atoms. The van der Waals surface area contributed by atoms with Gasteiger partial charge in [-0.2, -0.15) is 0 Å². The van der Waals surface area contributed by atoms with Gasteiger partial charge in [-0.05, 0) is 42.0 Å². The summed E-state index contributed by atoms with van der Waals surface area (Å²) >= 11 is 12.1. The molecule has 34 heavy (non-hydrogen) atoms. The molecule has 2 aliphatic rings. The number of carbonyl (C=O) groups is 3. The summed E-state index contributed by atoms with van der Waals surface area (Å²) in [4.78, 5) is 43.0. The van der Waals surface area contributed by atoms with Crippen LogP contribution in [-0.4, -0.2) is 48.5 Å². The topological polar surface area (TPSA) is 123 Å². The molecule has 1 saturated heterocycles. The predicted molar refractivity (Wildman–Crippen MR) is 130 cm³/mol. The number of amides is 2. The van der Waals surface area contributed by atoms with Crippen LogP contribution in [0.4, 0.5) is 11.4 Å². The van der Waals surface area contributed by atoms with E-state index in [0.717, 1.165) is 12.2 Å². The zero-order chi connectivity index (χ0) is 24.2. The third-order valence-corrected chi connectivity index (χ3v) is 6.01. The van der Waals surface area contributed by atoms with E-state index in [2.05, 4.69) is 20.9 Å². The maximum absolute atomic E-state index is 13.0. The quantitative estimate of drug-likeness (QED) is 0.460. The SMILES string of the molecule is O=C(O)CC(NC(=O)C1CC(=O)N(c2cccc(NC3=NCCN3)c2)C1)c1cc(Cl)cc(Cl)c1. The Bertz CT molecular complexity index is 1140. The Kier molecular flexibility index (Phi) is 7.23. The second-order valence-corrected chi connectivity index (χ2v) is 8.97. The number of carbonyl (C=O) groups excluding carboxylic acids is 2. The third-order valence-electron chi connectivity index (χ3n) is 5.57. The number of halogens is 2. The fourth-order valence-corrected chi connectivity index (χ4v) is 4.54. The Morgan fingerprint density at radius 2 is 1.97 bits per heavy atom. The van der Waals surface area contributed by atoms with Gasteiger partial charge in [-0.3, -0.25) is 19.4 Å². The largest absolute Gasteiger partial charge is 0.481 e. The summed E-state index contributed by atoms with van der Waals surface area (Å²) in [6, 6.07) is 11.1. The van der Waals surface area contributed by atoms with Crippen LogP contribution in [0, 0.1) is 5.92 Å². The van der Waals surface area contributed by atoms with Crippen molar-refractivity contribution in [1.82, 2.24) is 10.6 Å². The molecule has 2 aromatic rings. The third kappa shape index (κ3) is 5.78. The first kappa shape index (κ1) is 23.8. The molecule has 2 atom stereocenters. The molecule has 2 aromatic carbocycles. The van der Waals surface area contributed by atoms with Crippen molar-refractivity contribution in [2.45, 2.75) is 18.9 Å². The number of carboxylic acids is 1. The Labute approximate surface area is 206 Å². The van der Waals surface area contributed by atoms with E-state index in [4.69, 9.17) is 23.2 Å². The van der Waals surface area contributed by atoms with Crippen molar-refractivity contribution in [3.05, 3.63) is 58.1 Å². The van der Waals surface area contributed by atoms with Gasteiger partial charge in [0.15, 0.2) is 5.96 Å². The molecule has 4 N–H and O–H groups in total. The average molecular weight is 504 g/mol. The molecular formula is C23H23Cl2N5O4. The number of aliphatic imine (C=N–C) groups is 1. The summed E-state index contributed by atoms with van der Waals surface area (Å²) in [7, 11) is 0. The van der Waals surface area contributed by atoms with Crippen LogP contribution >= 0.6 is 23.2 Å². The first-order chi connectivity index (χ1) is 16.3. The van der Waals surface area contributed by atoms with E-state index in [1.165, 1.54) is 6.07 Å². The van der Waals surface area contributed by atoms with Gasteiger partial charge in [0.25, 0.3) is 0 Å². The molecule has 0 saturated carbocycles. The lowest BCUT2D eigenvalue weighted by atomic mass is 10.0. The van der Waals surface area contributed by atoms with E-state index in [0.29, 0.717) is 33.8 Å². The number of guanidine groups is 1. The van der Waals surface area contributed by atoms with Gasteiger partial charge >= 0.3 is 5.97 Å². The molecule has 2 unspecified atom stereocenters. The summed E-state index contributed by atoms with van der Waals surface area (Å²) in [5, 5.41) is 19.0. The van der Waals surface area contributed by atoms with Gasteiger partial charge < -0.3 is 26.0 Å². The summed E-state index contributed by atoms with van der Waals surface area (Å²) in [5.74, 6) is -1.63. The van der Waals surface area contributed by atoms with E-state index in [-0.39, 0.29) is 25.3 Å². The highest BCUT2D eigenvalue weighted by Gasteiger charge is 2.36. The Balaban J connectivity index is 1.46. The molecule has 0 bridgehead atoms. The molecule has 178 valence electrons. The minimum absolute atomic E-state index is 0.0217. The first-order valence-electron chi connectivity index (χ1n) is 10.7. The van der Waals surface area contributed by atoms with Crippen LogP contribution in [0.25, 0.3) is 0 Å². The van der Waals surface area contributed by atoms with Crippen molar-refractivity contribution in [2.24, 2.45) is 10.9 Å². The number of hydrogen-bond acceptors (Lipinski definition) is 6. The van der Waals surface area contributed by atoms with E-state index in [1.54, 1.807) is 23.1 Å². The van der Waals surface area contributed by atoms with Crippen LogP contribution in [0.3, 0.4) is 0 Å². The lowest BCUT2D eigenvalue weighted by Crippen LogP contribution is -2.36. The number of rotatable bonds is 7. The minimum atomic E-state index is -1.09. The van der Waals surface area contributed by atoms with Gasteiger partial charge in [0, 0.05) is 40.9 Å². The second kappa shape index (κ2) is 10.3. The molecular weight excluding hydrogens is 481 g/mol. The van der Waals surface area contributed by atoms with Crippen molar-refractivity contribution in [1.29, 1.82) is 0 Å². The number of nitrogens with zero attached hydrogens (tertiary/aromatic N) is 2. The van der Waals surface area contributed by atoms with E-state index in [1.807, 2.05) is 18.2 Å². The van der Waals surface area contributed by atoms with Crippen molar-refractivity contribution in [3.8, 4) is 0 Å². The molecule has 11 heteroatoms. The molecule has 2 heterocycles. The molecule has 0 aliphatic carbocycles. The standard InChI is InChI=1S/C23H23Cl2N5O4/c24-15-6-13(7-16(25)9-15)19(11-21(32)33)29-22(34)14-8-20(31)30(12-14)18-3-1-2-17(10-18)28-23-26-4-5-27-23/h1-3,6-7,9-10,14,19H,4-5,8,11-12H2,(H,29,34)(H,32,33)(H2,26,27,28). The van der Waals surface area contributed by atoms with Gasteiger partial charge in [-0.25, -0.2) is 0 Å². The zero-order valence-corrected chi connectivity index (χ0v) is 19.6. The van der Waals surface area contributed by atoms with Gasteiger partial charge in [0.05, 0.1) is 24.9 Å². The van der Waals surface area contributed by atoms with Crippen LogP contribution in [0.15, 0.2) is 47.5 Å². The minimum Gasteiger partial charge on any atom is -0.481 e. The number of carboxylic acid groups (broad SMARTS) is 1. The van der Waals surface area contributed by atoms with Crippen LogP contribution in [0.5, 0.6) is 0 Å². The number of aliphatic carboxylic acids is 1. The van der Waals surface area contributed by atoms with E-state index < -0.39 is 23.8 Å². The second-order valence-electron chi connectivity index (χ2n) is 8.10. The van der Waals surface area contributed by atoms with E-state index >= 15 is 0 Å². The van der Waals surface area contributed by atoms with Gasteiger partial charge in [0.1, 0.15) is 0 Å². The average Bonchev–Trinajstić information content (AvgIpc) is 3.42. The van der Waals surface area contributed by atoms with Crippen molar-refractivity contribution in [2.75, 3.05) is 29.9 Å². The summed E-state index contributed by atoms with van der Waals surface area (Å²) < 4.78 is 0. The highest BCUT2D eigenvalue weighted by molar-refractivity contribution is 6.34. The number of anilines is 2. The summed E-state index contributed by atoms with van der Waals surface area (Å²) in [6.45, 7) is 1.66. The van der Waals surface area contributed by atoms with E-state index in [9.17, 15) is 19.5 Å². The maximum atomic E-state index is 13.0. The predicted octanol–water partition coefficient (Wildman–Crippen LogP) is 3.05. The highest BCUT2D eigenvalue weighted by Crippen LogP contribution is 2.29. The summed E-state index contributed by atoms with van der Waals surface area (Å²) in [6.07, 6.45) is -0.327. The van der Waals surface area contributed by atoms with Crippen molar-refractivity contribution in [3.63, 3.8) is 0 Å². The van der Waals surface area contributed by atoms with Gasteiger partial charge in [0.2, 0.25) is 11.8 Å². The molecule has 1 fully saturated rings. The van der Waals surface area contributed by atoms with Crippen LogP contribution in [0.2, 0.25) is 10.0 Å². The lowest BCUT2D eigenvalue weighted by Gasteiger charge is -2.21. The van der Waals surface area contributed by atoms with Crippen LogP contribution in [0.1, 0.15) is 24.4 Å². The number of hydrogen-bond donors (Lipinski definition) is 4. The smallest absolute Gasteiger partial charge is 0.305 e. The van der Waals surface area contributed by atoms with Gasteiger partial charge in [-0.15, -0.1) is 0 Å². The molecule has 0 aromatic heterocycles. The Morgan fingerprint density at radius 3 is 2.65 bits per heavy atom. The van der Waals surface area contributed by atoms with Crippen LogP contribution in [-0.2, 0) is 14.4 Å². The molecule has 0 radical (unpaired) electrons. The first-order valence-corrected chi connectivity index (χ1v) is 11.5. The van der Waals surface area contributed by atoms with Gasteiger partial charge in [-0.1, -0.05) is 29.3 Å². The maximum Gasteiger partial charge on any atom is 0.305 e. The zero-order valence-electron chi connectivity index (χ0n) is 18.1. The lowest BCUT2D eigenvalue weighted by molar-refractivity contribution is -0.138. The molecule has 4 rings (SSSR count). The fraction of sp³-hybridized carbons (Fsp3) is 0.304. The molecule has 2 aliphatic heterocycles. The normalized spacial score (nSPS) is 18.3.